The molecule has 0 amide bonds. The summed E-state index contributed by atoms with van der Waals surface area (Å²) in [5, 5.41) is 11.2. The highest BCUT2D eigenvalue weighted by atomic mass is 15.0. The minimum absolute atomic E-state index is 0.507. The van der Waals surface area contributed by atoms with E-state index in [-0.39, 0.29) is 0 Å². The van der Waals surface area contributed by atoms with Crippen molar-refractivity contribution in [3.05, 3.63) is 23.9 Å². The summed E-state index contributed by atoms with van der Waals surface area (Å²) in [7, 11) is 0. The van der Waals surface area contributed by atoms with Crippen molar-refractivity contribution >= 4 is 11.5 Å². The van der Waals surface area contributed by atoms with Crippen LogP contribution in [0, 0.1) is 11.3 Å². The molecule has 0 aliphatic rings. The fraction of sp³-hybridized carbons (Fsp3) is 0.500. The first-order valence-corrected chi connectivity index (χ1v) is 5.41. The first-order valence-electron chi connectivity index (χ1n) is 5.41. The van der Waals surface area contributed by atoms with Gasteiger partial charge in [-0.3, -0.25) is 0 Å². The normalized spacial score (nSPS) is 10.4. The molecule has 0 bridgehead atoms. The summed E-state index contributed by atoms with van der Waals surface area (Å²) in [6.07, 6.45) is 2.55. The van der Waals surface area contributed by atoms with Crippen molar-refractivity contribution in [3.8, 4) is 0 Å². The monoisotopic (exact) mass is 205 g/mol. The topological polar surface area (TPSA) is 48.8 Å². The van der Waals surface area contributed by atoms with Gasteiger partial charge < -0.3 is 10.7 Å². The Morgan fingerprint density at radius 1 is 1.53 bits per heavy atom. The highest BCUT2D eigenvalue weighted by molar-refractivity contribution is 6.02. The number of hydrogen-bond donors (Lipinski definition) is 2. The maximum absolute atomic E-state index is 8.00. The molecule has 0 aliphatic carbocycles. The summed E-state index contributed by atoms with van der Waals surface area (Å²) in [6, 6.07) is 3.83. The maximum atomic E-state index is 8.00. The summed E-state index contributed by atoms with van der Waals surface area (Å²) < 4.78 is 0. The Kier molecular flexibility index (Phi) is 4.28. The Hall–Kier alpha value is -1.38. The standard InChI is InChI=1S/C12H19N3/c1-4-14-12-10(6-5-7-15-12)11(13)8-9(2)3/h5-7,9,13H,4,8H2,1-3H3,(H,14,15). The third-order valence-electron chi connectivity index (χ3n) is 2.09. The van der Waals surface area contributed by atoms with Crippen LogP contribution in [0.3, 0.4) is 0 Å². The molecule has 1 rings (SSSR count). The highest BCUT2D eigenvalue weighted by Gasteiger charge is 2.09. The summed E-state index contributed by atoms with van der Waals surface area (Å²) >= 11 is 0. The molecule has 15 heavy (non-hydrogen) atoms. The molecular weight excluding hydrogens is 186 g/mol. The van der Waals surface area contributed by atoms with Gasteiger partial charge in [0.25, 0.3) is 0 Å². The Labute approximate surface area is 91.4 Å². The van der Waals surface area contributed by atoms with Gasteiger partial charge in [-0.2, -0.15) is 0 Å². The molecule has 3 nitrogen and oxygen atoms in total. The van der Waals surface area contributed by atoms with Crippen LogP contribution >= 0.6 is 0 Å². The number of anilines is 1. The molecule has 0 saturated carbocycles. The molecule has 0 spiro atoms. The Bertz CT molecular complexity index is 331. The van der Waals surface area contributed by atoms with Crippen LogP contribution in [0.25, 0.3) is 0 Å². The van der Waals surface area contributed by atoms with Crippen molar-refractivity contribution in [2.75, 3.05) is 11.9 Å². The van der Waals surface area contributed by atoms with Gasteiger partial charge in [-0.15, -0.1) is 0 Å². The van der Waals surface area contributed by atoms with Crippen LogP contribution in [-0.4, -0.2) is 17.2 Å². The average Bonchev–Trinajstić information content (AvgIpc) is 2.18. The van der Waals surface area contributed by atoms with Gasteiger partial charge in [-0.05, 0) is 31.4 Å². The number of rotatable bonds is 5. The molecule has 3 heteroatoms. The zero-order valence-corrected chi connectivity index (χ0v) is 9.67. The molecule has 1 aromatic rings. The van der Waals surface area contributed by atoms with Gasteiger partial charge in [0.1, 0.15) is 5.82 Å². The molecule has 0 unspecified atom stereocenters. The van der Waals surface area contributed by atoms with Gasteiger partial charge in [0.15, 0.2) is 0 Å². The van der Waals surface area contributed by atoms with Crippen LogP contribution in [0.5, 0.6) is 0 Å². The number of nitrogens with zero attached hydrogens (tertiary/aromatic N) is 1. The van der Waals surface area contributed by atoms with Crippen LogP contribution in [0.4, 0.5) is 5.82 Å². The minimum Gasteiger partial charge on any atom is -0.370 e. The summed E-state index contributed by atoms with van der Waals surface area (Å²) in [5.41, 5.74) is 1.59. The SMILES string of the molecule is CCNc1ncccc1C(=N)CC(C)C. The van der Waals surface area contributed by atoms with Crippen molar-refractivity contribution in [2.24, 2.45) is 5.92 Å². The zero-order chi connectivity index (χ0) is 11.3. The molecule has 1 heterocycles. The average molecular weight is 205 g/mol. The minimum atomic E-state index is 0.507. The lowest BCUT2D eigenvalue weighted by atomic mass is 10.0. The molecule has 0 fully saturated rings. The molecule has 0 aromatic carbocycles. The predicted molar refractivity (Wildman–Crippen MR) is 64.7 cm³/mol. The molecule has 2 N–H and O–H groups in total. The molecule has 0 aliphatic heterocycles. The Morgan fingerprint density at radius 3 is 2.87 bits per heavy atom. The lowest BCUT2D eigenvalue weighted by molar-refractivity contribution is 0.682. The predicted octanol–water partition coefficient (Wildman–Crippen LogP) is 2.93. The lowest BCUT2D eigenvalue weighted by Crippen LogP contribution is -2.10. The number of hydrogen-bond acceptors (Lipinski definition) is 3. The third-order valence-corrected chi connectivity index (χ3v) is 2.09. The van der Waals surface area contributed by atoms with Crippen LogP contribution in [0.15, 0.2) is 18.3 Å². The van der Waals surface area contributed by atoms with E-state index in [0.717, 1.165) is 24.3 Å². The summed E-state index contributed by atoms with van der Waals surface area (Å²) in [6.45, 7) is 7.11. The van der Waals surface area contributed by atoms with Crippen molar-refractivity contribution < 1.29 is 0 Å². The fourth-order valence-corrected chi connectivity index (χ4v) is 1.48. The molecule has 0 atom stereocenters. The summed E-state index contributed by atoms with van der Waals surface area (Å²) in [5.74, 6) is 1.33. The van der Waals surface area contributed by atoms with E-state index in [9.17, 15) is 0 Å². The van der Waals surface area contributed by atoms with Crippen LogP contribution in [-0.2, 0) is 0 Å². The highest BCUT2D eigenvalue weighted by Crippen LogP contribution is 2.15. The van der Waals surface area contributed by atoms with E-state index in [0.29, 0.717) is 11.6 Å². The first kappa shape index (κ1) is 11.7. The number of aromatic nitrogens is 1. The van der Waals surface area contributed by atoms with Crippen molar-refractivity contribution in [1.82, 2.24) is 4.98 Å². The Balaban J connectivity index is 2.87. The zero-order valence-electron chi connectivity index (χ0n) is 9.67. The summed E-state index contributed by atoms with van der Waals surface area (Å²) in [4.78, 5) is 4.24. The van der Waals surface area contributed by atoms with Gasteiger partial charge in [0.2, 0.25) is 0 Å². The van der Waals surface area contributed by atoms with E-state index < -0.39 is 0 Å². The van der Waals surface area contributed by atoms with E-state index in [1.807, 2.05) is 19.1 Å². The van der Waals surface area contributed by atoms with E-state index in [2.05, 4.69) is 24.1 Å². The van der Waals surface area contributed by atoms with Crippen molar-refractivity contribution in [2.45, 2.75) is 27.2 Å². The van der Waals surface area contributed by atoms with Gasteiger partial charge in [-0.25, -0.2) is 4.98 Å². The van der Waals surface area contributed by atoms with Crippen LogP contribution < -0.4 is 5.32 Å². The maximum Gasteiger partial charge on any atom is 0.135 e. The molecule has 0 saturated heterocycles. The van der Waals surface area contributed by atoms with E-state index in [1.54, 1.807) is 6.20 Å². The van der Waals surface area contributed by atoms with Gasteiger partial charge in [-0.1, -0.05) is 13.8 Å². The molecule has 82 valence electrons. The van der Waals surface area contributed by atoms with Crippen LogP contribution in [0.2, 0.25) is 0 Å². The quantitative estimate of drug-likeness (QED) is 0.726. The van der Waals surface area contributed by atoms with E-state index in [1.165, 1.54) is 0 Å². The largest absolute Gasteiger partial charge is 0.370 e. The van der Waals surface area contributed by atoms with Crippen LogP contribution in [0.1, 0.15) is 32.8 Å². The van der Waals surface area contributed by atoms with Gasteiger partial charge in [0, 0.05) is 24.0 Å². The number of pyridine rings is 1. The second kappa shape index (κ2) is 5.49. The van der Waals surface area contributed by atoms with Gasteiger partial charge >= 0.3 is 0 Å². The third kappa shape index (κ3) is 3.35. The molecule has 0 radical (unpaired) electrons. The lowest BCUT2D eigenvalue weighted by Gasteiger charge is -2.11. The molecular formula is C12H19N3. The van der Waals surface area contributed by atoms with E-state index >= 15 is 0 Å². The Morgan fingerprint density at radius 2 is 2.27 bits per heavy atom. The second-order valence-corrected chi connectivity index (χ2v) is 4.01. The molecule has 1 aromatic heterocycles. The van der Waals surface area contributed by atoms with Gasteiger partial charge in [0.05, 0.1) is 0 Å². The first-order chi connectivity index (χ1) is 7.15. The number of nitrogens with one attached hydrogen (secondary N) is 2. The fourth-order valence-electron chi connectivity index (χ4n) is 1.48. The van der Waals surface area contributed by atoms with Crippen molar-refractivity contribution in [3.63, 3.8) is 0 Å². The second-order valence-electron chi connectivity index (χ2n) is 4.01. The van der Waals surface area contributed by atoms with E-state index in [4.69, 9.17) is 5.41 Å². The van der Waals surface area contributed by atoms with Crippen molar-refractivity contribution in [1.29, 1.82) is 5.41 Å². The smallest absolute Gasteiger partial charge is 0.135 e.